The molecule has 0 radical (unpaired) electrons. The monoisotopic (exact) mass is 425 g/mol. The smallest absolute Gasteiger partial charge is 0.369 e. The lowest BCUT2D eigenvalue weighted by molar-refractivity contribution is -0.137. The van der Waals surface area contributed by atoms with Crippen LogP contribution in [0.5, 0.6) is 0 Å². The molecule has 0 aromatic heterocycles. The molecular weight excluding hydrogens is 395 g/mol. The lowest BCUT2D eigenvalue weighted by Gasteiger charge is -2.33. The molecule has 2 aliphatic rings. The number of hydrogen-bond donors (Lipinski definition) is 2. The summed E-state index contributed by atoms with van der Waals surface area (Å²) in [7, 11) is 0. The lowest BCUT2D eigenvalue weighted by Crippen LogP contribution is -2.45. The minimum absolute atomic E-state index is 0.131. The molecular formula is C22H30F3N3O2. The van der Waals surface area contributed by atoms with Crippen LogP contribution in [0, 0.1) is 11.8 Å². The second-order valence-electron chi connectivity index (χ2n) is 8.52. The summed E-state index contributed by atoms with van der Waals surface area (Å²) >= 11 is 0. The van der Waals surface area contributed by atoms with Gasteiger partial charge in [0.2, 0.25) is 11.8 Å². The molecule has 166 valence electrons. The third-order valence-electron chi connectivity index (χ3n) is 6.37. The Morgan fingerprint density at radius 3 is 2.37 bits per heavy atom. The quantitative estimate of drug-likeness (QED) is 0.731. The van der Waals surface area contributed by atoms with Crippen LogP contribution in [0.1, 0.15) is 62.1 Å². The highest BCUT2D eigenvalue weighted by Gasteiger charge is 2.33. The highest BCUT2D eigenvalue weighted by atomic mass is 19.4. The van der Waals surface area contributed by atoms with Crippen LogP contribution in [-0.2, 0) is 15.8 Å². The molecule has 1 aromatic rings. The van der Waals surface area contributed by atoms with Gasteiger partial charge in [0.1, 0.15) is 0 Å². The summed E-state index contributed by atoms with van der Waals surface area (Å²) in [6.07, 6.45) is 1.80. The van der Waals surface area contributed by atoms with Gasteiger partial charge in [-0.2, -0.15) is 13.2 Å². The van der Waals surface area contributed by atoms with Crippen LogP contribution in [0.25, 0.3) is 0 Å². The Bertz CT molecular complexity index is 739. The van der Waals surface area contributed by atoms with E-state index in [0.717, 1.165) is 44.2 Å². The second-order valence-corrected chi connectivity index (χ2v) is 8.52. The molecule has 0 spiro atoms. The molecule has 2 fully saturated rings. The van der Waals surface area contributed by atoms with Crippen LogP contribution in [0.2, 0.25) is 0 Å². The first-order chi connectivity index (χ1) is 14.2. The number of carbonyl (C=O) groups excluding carboxylic acids is 2. The van der Waals surface area contributed by atoms with E-state index in [-0.39, 0.29) is 30.2 Å². The van der Waals surface area contributed by atoms with Gasteiger partial charge in [0.05, 0.1) is 18.2 Å². The van der Waals surface area contributed by atoms with Crippen molar-refractivity contribution >= 4 is 11.8 Å². The Labute approximate surface area is 175 Å². The van der Waals surface area contributed by atoms with Gasteiger partial charge in [-0.3, -0.25) is 14.5 Å². The van der Waals surface area contributed by atoms with Gasteiger partial charge in [-0.05, 0) is 62.4 Å². The van der Waals surface area contributed by atoms with Gasteiger partial charge in [0.15, 0.2) is 0 Å². The summed E-state index contributed by atoms with van der Waals surface area (Å²) in [5, 5.41) is 3.02. The minimum Gasteiger partial charge on any atom is -0.369 e. The molecule has 1 aliphatic heterocycles. The molecule has 1 aliphatic carbocycles. The summed E-state index contributed by atoms with van der Waals surface area (Å²) in [5.41, 5.74) is 5.17. The van der Waals surface area contributed by atoms with Crippen molar-refractivity contribution in [1.82, 2.24) is 10.2 Å². The van der Waals surface area contributed by atoms with Gasteiger partial charge in [-0.25, -0.2) is 0 Å². The molecule has 1 saturated carbocycles. The van der Waals surface area contributed by atoms with Crippen molar-refractivity contribution in [1.29, 1.82) is 0 Å². The van der Waals surface area contributed by atoms with E-state index >= 15 is 0 Å². The predicted octanol–water partition coefficient (Wildman–Crippen LogP) is 3.64. The van der Waals surface area contributed by atoms with Crippen molar-refractivity contribution in [3.05, 3.63) is 35.4 Å². The topological polar surface area (TPSA) is 75.4 Å². The number of nitrogens with one attached hydrogen (secondary N) is 1. The van der Waals surface area contributed by atoms with Crippen molar-refractivity contribution in [2.75, 3.05) is 19.6 Å². The maximum Gasteiger partial charge on any atom is 0.416 e. The van der Waals surface area contributed by atoms with E-state index in [1.54, 1.807) is 6.07 Å². The number of carbonyl (C=O) groups is 2. The molecule has 30 heavy (non-hydrogen) atoms. The number of likely N-dealkylation sites (tertiary alicyclic amines) is 1. The molecule has 1 heterocycles. The largest absolute Gasteiger partial charge is 0.416 e. The van der Waals surface area contributed by atoms with Gasteiger partial charge in [-0.15, -0.1) is 0 Å². The first-order valence-electron chi connectivity index (χ1n) is 10.7. The third kappa shape index (κ3) is 5.97. The average Bonchev–Trinajstić information content (AvgIpc) is 2.72. The van der Waals surface area contributed by atoms with Gasteiger partial charge >= 0.3 is 6.18 Å². The number of halogens is 3. The highest BCUT2D eigenvalue weighted by molar-refractivity contribution is 5.79. The van der Waals surface area contributed by atoms with Crippen LogP contribution in [0.4, 0.5) is 13.2 Å². The number of benzene rings is 1. The van der Waals surface area contributed by atoms with Crippen molar-refractivity contribution in [3.8, 4) is 0 Å². The number of alkyl halides is 3. The van der Waals surface area contributed by atoms with E-state index in [4.69, 9.17) is 5.73 Å². The van der Waals surface area contributed by atoms with Crippen LogP contribution in [-0.4, -0.2) is 36.3 Å². The number of amides is 2. The Hall–Kier alpha value is -2.09. The van der Waals surface area contributed by atoms with Gasteiger partial charge in [0, 0.05) is 5.92 Å². The van der Waals surface area contributed by atoms with Crippen LogP contribution >= 0.6 is 0 Å². The molecule has 0 bridgehead atoms. The van der Waals surface area contributed by atoms with E-state index in [1.165, 1.54) is 6.07 Å². The van der Waals surface area contributed by atoms with Gasteiger partial charge < -0.3 is 11.1 Å². The second kappa shape index (κ2) is 9.81. The number of nitrogens with zero attached hydrogens (tertiary/aromatic N) is 1. The van der Waals surface area contributed by atoms with Crippen molar-refractivity contribution < 1.29 is 22.8 Å². The number of nitrogens with two attached hydrogens (primary N) is 1. The first-order valence-corrected chi connectivity index (χ1v) is 10.7. The van der Waals surface area contributed by atoms with Crippen molar-refractivity contribution in [2.24, 2.45) is 17.6 Å². The fraction of sp³-hybridized carbons (Fsp3) is 0.636. The average molecular weight is 425 g/mol. The molecule has 5 nitrogen and oxygen atoms in total. The fourth-order valence-electron chi connectivity index (χ4n) is 4.65. The number of primary amides is 1. The zero-order valence-corrected chi connectivity index (χ0v) is 17.1. The summed E-state index contributed by atoms with van der Waals surface area (Å²) in [6.45, 7) is 1.39. The van der Waals surface area contributed by atoms with E-state index in [1.807, 2.05) is 4.90 Å². The van der Waals surface area contributed by atoms with Crippen LogP contribution < -0.4 is 11.1 Å². The summed E-state index contributed by atoms with van der Waals surface area (Å²) in [4.78, 5) is 26.0. The zero-order chi connectivity index (χ0) is 21.7. The number of piperidine rings is 1. The van der Waals surface area contributed by atoms with E-state index in [2.05, 4.69) is 5.32 Å². The highest BCUT2D eigenvalue weighted by Crippen LogP contribution is 2.37. The standard InChI is InChI=1S/C22H30F3N3O2/c23-22(24,25)18-8-4-7-17(13-18)20(15-5-2-1-3-6-15)27-19(29)14-28-11-9-16(10-12-28)21(26)30/h4,7-8,13,15-16,20H,1-3,5-6,9-12,14H2,(H2,26,30)(H,27,29). The minimum atomic E-state index is -4.41. The Kier molecular flexibility index (Phi) is 7.39. The zero-order valence-electron chi connectivity index (χ0n) is 17.1. The number of hydrogen-bond acceptors (Lipinski definition) is 3. The summed E-state index contributed by atoms with van der Waals surface area (Å²) < 4.78 is 39.6. The Balaban J connectivity index is 1.69. The molecule has 3 rings (SSSR count). The van der Waals surface area contributed by atoms with Crippen LogP contribution in [0.3, 0.4) is 0 Å². The fourth-order valence-corrected chi connectivity index (χ4v) is 4.65. The predicted molar refractivity (Wildman–Crippen MR) is 107 cm³/mol. The third-order valence-corrected chi connectivity index (χ3v) is 6.37. The maximum absolute atomic E-state index is 13.2. The summed E-state index contributed by atoms with van der Waals surface area (Å²) in [5.74, 6) is -0.516. The van der Waals surface area contributed by atoms with Crippen LogP contribution in [0.15, 0.2) is 24.3 Å². The molecule has 1 saturated heterocycles. The lowest BCUT2D eigenvalue weighted by atomic mass is 9.80. The van der Waals surface area contributed by atoms with Gasteiger partial charge in [-0.1, -0.05) is 31.4 Å². The van der Waals surface area contributed by atoms with Crippen molar-refractivity contribution in [3.63, 3.8) is 0 Å². The van der Waals surface area contributed by atoms with E-state index in [0.29, 0.717) is 31.5 Å². The molecule has 2 amide bonds. The molecule has 1 unspecified atom stereocenters. The van der Waals surface area contributed by atoms with Gasteiger partial charge in [0.25, 0.3) is 0 Å². The maximum atomic E-state index is 13.2. The van der Waals surface area contributed by atoms with E-state index < -0.39 is 17.8 Å². The SMILES string of the molecule is NC(=O)C1CCN(CC(=O)NC(c2cccc(C(F)(F)F)c2)C2CCCCC2)CC1. The Morgan fingerprint density at radius 2 is 1.77 bits per heavy atom. The van der Waals surface area contributed by atoms with E-state index in [9.17, 15) is 22.8 Å². The molecule has 3 N–H and O–H groups in total. The molecule has 1 atom stereocenters. The normalized spacial score (nSPS) is 20.6. The number of rotatable bonds is 6. The summed E-state index contributed by atoms with van der Waals surface area (Å²) in [6, 6.07) is 4.88. The molecule has 8 heteroatoms. The van der Waals surface area contributed by atoms with Crippen molar-refractivity contribution in [2.45, 2.75) is 57.2 Å². The molecule has 1 aromatic carbocycles. The first kappa shape index (κ1) is 22.6. The Morgan fingerprint density at radius 1 is 1.10 bits per heavy atom.